The highest BCUT2D eigenvalue weighted by Crippen LogP contribution is 2.26. The monoisotopic (exact) mass is 415 g/mol. The number of imidazole rings is 1. The molecule has 150 valence electrons. The number of nitrogens with one attached hydrogen (secondary N) is 1. The van der Waals surface area contributed by atoms with Gasteiger partial charge in [0.25, 0.3) is 11.7 Å². The molecule has 0 bridgehead atoms. The van der Waals surface area contributed by atoms with Crippen molar-refractivity contribution >= 4 is 22.4 Å². The Kier molecular flexibility index (Phi) is 4.93. The van der Waals surface area contributed by atoms with Crippen LogP contribution in [0.3, 0.4) is 0 Å². The smallest absolute Gasteiger partial charge is 0.268 e. The summed E-state index contributed by atoms with van der Waals surface area (Å²) in [6.45, 7) is 3.39. The van der Waals surface area contributed by atoms with E-state index < -0.39 is 0 Å². The van der Waals surface area contributed by atoms with Gasteiger partial charge in [0.05, 0.1) is 18.7 Å². The van der Waals surface area contributed by atoms with Crippen molar-refractivity contribution < 1.29 is 9.36 Å². The molecule has 1 aliphatic heterocycles. The van der Waals surface area contributed by atoms with E-state index >= 15 is 0 Å². The van der Waals surface area contributed by atoms with Crippen LogP contribution in [0.2, 0.25) is 0 Å². The van der Waals surface area contributed by atoms with Crippen LogP contribution in [0.25, 0.3) is 22.5 Å². The molecule has 5 nitrogen and oxygen atoms in total. The van der Waals surface area contributed by atoms with Crippen molar-refractivity contribution in [3.05, 3.63) is 77.6 Å². The summed E-state index contributed by atoms with van der Waals surface area (Å²) >= 11 is 1.45. The number of carbonyl (C=O) groups is 1. The van der Waals surface area contributed by atoms with Crippen LogP contribution in [0.15, 0.2) is 66.2 Å². The molecule has 0 spiro atoms. The van der Waals surface area contributed by atoms with E-state index in [2.05, 4.69) is 56.8 Å². The lowest BCUT2D eigenvalue weighted by Crippen LogP contribution is -2.42. The fourth-order valence-electron chi connectivity index (χ4n) is 3.99. The van der Waals surface area contributed by atoms with Crippen molar-refractivity contribution in [2.24, 2.45) is 0 Å². The summed E-state index contributed by atoms with van der Waals surface area (Å²) in [7, 11) is 0. The van der Waals surface area contributed by atoms with Gasteiger partial charge in [0.1, 0.15) is 6.20 Å². The minimum Gasteiger partial charge on any atom is -0.299 e. The van der Waals surface area contributed by atoms with Gasteiger partial charge in [-0.25, -0.2) is 14.1 Å². The van der Waals surface area contributed by atoms with E-state index in [1.54, 1.807) is 0 Å². The lowest BCUT2D eigenvalue weighted by molar-refractivity contribution is -0.690. The maximum Gasteiger partial charge on any atom is 0.268 e. The second-order valence-electron chi connectivity index (χ2n) is 7.63. The first kappa shape index (κ1) is 18.8. The molecule has 0 aliphatic carbocycles. The Morgan fingerprint density at radius 3 is 2.73 bits per heavy atom. The zero-order chi connectivity index (χ0) is 20.5. The molecule has 1 aliphatic rings. The molecular weight excluding hydrogens is 392 g/mol. The Morgan fingerprint density at radius 1 is 1.13 bits per heavy atom. The topological polar surface area (TPSA) is 50.8 Å². The van der Waals surface area contributed by atoms with Gasteiger partial charge >= 0.3 is 0 Å². The average molecular weight is 416 g/mol. The predicted molar refractivity (Wildman–Crippen MR) is 119 cm³/mol. The van der Waals surface area contributed by atoms with Gasteiger partial charge in [-0.2, -0.15) is 0 Å². The fraction of sp³-hybridized carbons (Fsp3) is 0.208. The Hall–Kier alpha value is -3.25. The average Bonchev–Trinajstić information content (AvgIpc) is 3.48. The number of fused-ring (bicyclic) bond motifs is 1. The van der Waals surface area contributed by atoms with Gasteiger partial charge in [-0.1, -0.05) is 60.2 Å². The quantitative estimate of drug-likeness (QED) is 0.489. The predicted octanol–water partition coefficient (Wildman–Crippen LogP) is 4.46. The molecular formula is C24H23N4OS+. The van der Waals surface area contributed by atoms with E-state index in [1.165, 1.54) is 34.0 Å². The Balaban J connectivity index is 1.34. The number of aryl methyl sites for hydroxylation is 1. The maximum absolute atomic E-state index is 12.7. The summed E-state index contributed by atoms with van der Waals surface area (Å²) in [5.41, 5.74) is 5.55. The zero-order valence-electron chi connectivity index (χ0n) is 16.8. The number of hydrogen-bond acceptors (Lipinski definition) is 3. The van der Waals surface area contributed by atoms with Gasteiger partial charge in [-0.15, -0.1) is 11.3 Å². The third-order valence-corrected chi connectivity index (χ3v) is 6.23. The molecule has 0 atom stereocenters. The lowest BCUT2D eigenvalue weighted by atomic mass is 10.1. The molecule has 2 aromatic carbocycles. The highest BCUT2D eigenvalue weighted by Gasteiger charge is 2.29. The van der Waals surface area contributed by atoms with Crippen molar-refractivity contribution in [1.29, 1.82) is 0 Å². The summed E-state index contributed by atoms with van der Waals surface area (Å²) in [5, 5.41) is 5.58. The Labute approximate surface area is 179 Å². The fourth-order valence-corrected chi connectivity index (χ4v) is 4.72. The van der Waals surface area contributed by atoms with Crippen LogP contribution in [-0.2, 0) is 24.3 Å². The SMILES string of the molecule is Cc1ccc(-c2c[n+](CC(=O)Nc3nc(-c4ccccc4)cs3)c3n2CCC3)cc1. The van der Waals surface area contributed by atoms with Gasteiger partial charge in [0, 0.05) is 16.5 Å². The van der Waals surface area contributed by atoms with Gasteiger partial charge in [-0.05, 0) is 13.3 Å². The molecule has 4 aromatic rings. The molecule has 30 heavy (non-hydrogen) atoms. The van der Waals surface area contributed by atoms with Crippen LogP contribution < -0.4 is 9.88 Å². The minimum atomic E-state index is -0.0512. The van der Waals surface area contributed by atoms with E-state index in [-0.39, 0.29) is 5.91 Å². The number of nitrogens with zero attached hydrogens (tertiary/aromatic N) is 3. The van der Waals surface area contributed by atoms with E-state index in [4.69, 9.17) is 0 Å². The molecule has 0 unspecified atom stereocenters. The molecule has 0 saturated heterocycles. The molecule has 5 rings (SSSR count). The maximum atomic E-state index is 12.7. The van der Waals surface area contributed by atoms with Crippen molar-refractivity contribution in [2.45, 2.75) is 32.9 Å². The van der Waals surface area contributed by atoms with Gasteiger partial charge in [0.2, 0.25) is 0 Å². The second-order valence-corrected chi connectivity index (χ2v) is 8.49. The molecule has 1 N–H and O–H groups in total. The summed E-state index contributed by atoms with van der Waals surface area (Å²) in [4.78, 5) is 17.3. The van der Waals surface area contributed by atoms with Gasteiger partial charge in [-0.3, -0.25) is 10.1 Å². The Morgan fingerprint density at radius 2 is 1.93 bits per heavy atom. The highest BCUT2D eigenvalue weighted by molar-refractivity contribution is 7.14. The highest BCUT2D eigenvalue weighted by atomic mass is 32.1. The molecule has 3 heterocycles. The molecule has 0 fully saturated rings. The standard InChI is InChI=1S/C24H22N4OS/c1-17-9-11-19(12-10-17)21-14-27(23-8-5-13-28(21)23)15-22(29)26-24-25-20(16-30-24)18-6-3-2-4-7-18/h2-4,6-7,9-12,14,16H,5,8,13,15H2,1H3/p+1. The first-order valence-electron chi connectivity index (χ1n) is 10.2. The summed E-state index contributed by atoms with van der Waals surface area (Å²) in [5.74, 6) is 1.16. The lowest BCUT2D eigenvalue weighted by Gasteiger charge is -2.00. The summed E-state index contributed by atoms with van der Waals surface area (Å²) in [6.07, 6.45) is 4.22. The number of amides is 1. The van der Waals surface area contributed by atoms with E-state index in [1.807, 2.05) is 35.7 Å². The van der Waals surface area contributed by atoms with E-state index in [0.717, 1.165) is 30.6 Å². The number of carbonyl (C=O) groups excluding carboxylic acids is 1. The largest absolute Gasteiger partial charge is 0.299 e. The molecule has 0 saturated carbocycles. The number of benzene rings is 2. The van der Waals surface area contributed by atoms with Crippen molar-refractivity contribution in [3.8, 4) is 22.5 Å². The van der Waals surface area contributed by atoms with E-state index in [0.29, 0.717) is 11.7 Å². The molecule has 1 amide bonds. The third kappa shape index (κ3) is 3.66. The molecule has 6 heteroatoms. The minimum absolute atomic E-state index is 0.0512. The van der Waals surface area contributed by atoms with Crippen molar-refractivity contribution in [3.63, 3.8) is 0 Å². The van der Waals surface area contributed by atoms with Crippen LogP contribution >= 0.6 is 11.3 Å². The van der Waals surface area contributed by atoms with Crippen LogP contribution in [0.1, 0.15) is 17.8 Å². The second kappa shape index (κ2) is 7.88. The van der Waals surface area contributed by atoms with Gasteiger partial charge in [0.15, 0.2) is 17.4 Å². The van der Waals surface area contributed by atoms with Crippen molar-refractivity contribution in [2.75, 3.05) is 5.32 Å². The van der Waals surface area contributed by atoms with Crippen molar-refractivity contribution in [1.82, 2.24) is 9.55 Å². The number of aromatic nitrogens is 3. The number of anilines is 1. The van der Waals surface area contributed by atoms with Crippen LogP contribution in [0.4, 0.5) is 5.13 Å². The Bertz CT molecular complexity index is 1190. The molecule has 2 aromatic heterocycles. The summed E-state index contributed by atoms with van der Waals surface area (Å²) < 4.78 is 4.43. The molecule has 0 radical (unpaired) electrons. The third-order valence-electron chi connectivity index (χ3n) is 5.48. The van der Waals surface area contributed by atoms with Crippen LogP contribution in [0.5, 0.6) is 0 Å². The zero-order valence-corrected chi connectivity index (χ0v) is 17.7. The summed E-state index contributed by atoms with van der Waals surface area (Å²) in [6, 6.07) is 18.6. The van der Waals surface area contributed by atoms with Gasteiger partial charge < -0.3 is 0 Å². The van der Waals surface area contributed by atoms with Crippen LogP contribution in [-0.4, -0.2) is 15.5 Å². The number of rotatable bonds is 5. The van der Waals surface area contributed by atoms with Crippen LogP contribution in [0, 0.1) is 6.92 Å². The number of hydrogen-bond donors (Lipinski definition) is 1. The normalized spacial score (nSPS) is 12.7. The first-order valence-corrected chi connectivity index (χ1v) is 11.0. The van der Waals surface area contributed by atoms with E-state index in [9.17, 15) is 4.79 Å². The number of thiazole rings is 1. The first-order chi connectivity index (χ1) is 14.7.